The fourth-order valence-electron chi connectivity index (χ4n) is 4.67. The van der Waals surface area contributed by atoms with E-state index in [1.165, 1.54) is 30.4 Å². The van der Waals surface area contributed by atoms with Gasteiger partial charge in [0.25, 0.3) is 5.76 Å². The van der Waals surface area contributed by atoms with Crippen molar-refractivity contribution in [2.75, 3.05) is 6.61 Å². The molecule has 10 nitrogen and oxygen atoms in total. The van der Waals surface area contributed by atoms with E-state index in [0.29, 0.717) is 16.7 Å². The molecule has 0 saturated carbocycles. The minimum Gasteiger partial charge on any atom is -0.458 e. The van der Waals surface area contributed by atoms with Crippen molar-refractivity contribution in [3.05, 3.63) is 179 Å². The summed E-state index contributed by atoms with van der Waals surface area (Å²) in [7, 11) is 0. The number of hydrogen-bond acceptors (Lipinski definition) is 10. The van der Waals surface area contributed by atoms with Gasteiger partial charge in [0.2, 0.25) is 11.9 Å². The number of carbonyl (C=O) groups is 5. The summed E-state index contributed by atoms with van der Waals surface area (Å²) < 4.78 is 27.3. The fourth-order valence-corrected chi connectivity index (χ4v) is 4.67. The second-order valence-corrected chi connectivity index (χ2v) is 10.9. The van der Waals surface area contributed by atoms with Crippen molar-refractivity contribution in [3.8, 4) is 0 Å². The smallest absolute Gasteiger partial charge is 0.379 e. The first-order valence-corrected chi connectivity index (χ1v) is 16.0. The van der Waals surface area contributed by atoms with Crippen molar-refractivity contribution in [1.29, 1.82) is 0 Å². The maximum atomic E-state index is 13.2. The zero-order chi connectivity index (χ0) is 36.5. The van der Waals surface area contributed by atoms with E-state index in [1.807, 2.05) is 12.1 Å². The first kappa shape index (κ1) is 36.2. The summed E-state index contributed by atoms with van der Waals surface area (Å²) in [5, 5.41) is 0. The van der Waals surface area contributed by atoms with Gasteiger partial charge in [-0.3, -0.25) is 0 Å². The Morgan fingerprint density at radius 3 is 1.37 bits per heavy atom. The molecule has 2 atom stereocenters. The topological polar surface area (TPSA) is 132 Å². The predicted molar refractivity (Wildman–Crippen MR) is 192 cm³/mol. The van der Waals surface area contributed by atoms with Gasteiger partial charge < -0.3 is 23.7 Å². The molecule has 260 valence electrons. The minimum absolute atomic E-state index is 0.560. The van der Waals surface area contributed by atoms with Gasteiger partial charge >= 0.3 is 29.8 Å². The van der Waals surface area contributed by atoms with Crippen LogP contribution in [0.2, 0.25) is 0 Å². The zero-order valence-electron chi connectivity index (χ0n) is 27.6. The average Bonchev–Trinajstić information content (AvgIpc) is 3.47. The lowest BCUT2D eigenvalue weighted by Crippen LogP contribution is -2.38. The number of hydrogen-bond donors (Lipinski definition) is 0. The van der Waals surface area contributed by atoms with Crippen molar-refractivity contribution in [1.82, 2.24) is 0 Å². The molecule has 0 spiro atoms. The predicted octanol–water partition coefficient (Wildman–Crippen LogP) is 6.52. The highest BCUT2D eigenvalue weighted by Crippen LogP contribution is 2.30. The van der Waals surface area contributed by atoms with Gasteiger partial charge in [0.1, 0.15) is 6.61 Å². The van der Waals surface area contributed by atoms with Crippen molar-refractivity contribution in [2.45, 2.75) is 12.2 Å². The first-order valence-electron chi connectivity index (χ1n) is 16.0. The summed E-state index contributed by atoms with van der Waals surface area (Å²) in [5.41, 5.74) is 2.77. The lowest BCUT2D eigenvalue weighted by atomic mass is 10.1. The number of rotatable bonds is 14. The van der Waals surface area contributed by atoms with Crippen LogP contribution >= 0.6 is 0 Å². The molecule has 1 aliphatic heterocycles. The van der Waals surface area contributed by atoms with Crippen LogP contribution in [0.15, 0.2) is 157 Å². The van der Waals surface area contributed by atoms with Crippen molar-refractivity contribution < 1.29 is 47.7 Å². The fraction of sp³-hybridized carbons (Fsp3) is 0.0714. The molecule has 0 saturated heterocycles. The van der Waals surface area contributed by atoms with Gasteiger partial charge in [-0.2, -0.15) is 0 Å². The largest absolute Gasteiger partial charge is 0.458 e. The van der Waals surface area contributed by atoms with E-state index < -0.39 is 60.2 Å². The van der Waals surface area contributed by atoms with Crippen LogP contribution in [-0.2, 0) is 47.7 Å². The van der Waals surface area contributed by atoms with E-state index in [1.54, 1.807) is 109 Å². The summed E-state index contributed by atoms with van der Waals surface area (Å²) in [6.45, 7) is -0.642. The van der Waals surface area contributed by atoms with E-state index >= 15 is 0 Å². The van der Waals surface area contributed by atoms with Crippen LogP contribution in [0.25, 0.3) is 24.3 Å². The van der Waals surface area contributed by atoms with Gasteiger partial charge in [-0.1, -0.05) is 121 Å². The number of carbonyl (C=O) groups excluding carboxylic acids is 5. The Bertz CT molecular complexity index is 2010. The Kier molecular flexibility index (Phi) is 13.0. The Morgan fingerprint density at radius 2 is 0.923 bits per heavy atom. The van der Waals surface area contributed by atoms with E-state index in [0.717, 1.165) is 23.8 Å². The quantitative estimate of drug-likeness (QED) is 0.0816. The summed E-state index contributed by atoms with van der Waals surface area (Å²) in [6, 6.07) is 35.6. The first-order chi connectivity index (χ1) is 25.3. The van der Waals surface area contributed by atoms with Gasteiger partial charge in [0, 0.05) is 24.3 Å². The Hall–Kier alpha value is -7.07. The summed E-state index contributed by atoms with van der Waals surface area (Å²) in [5.74, 6) is -6.14. The molecule has 1 heterocycles. The van der Waals surface area contributed by atoms with Crippen molar-refractivity contribution >= 4 is 54.2 Å². The molecule has 10 heteroatoms. The van der Waals surface area contributed by atoms with Crippen LogP contribution in [0.1, 0.15) is 22.3 Å². The van der Waals surface area contributed by atoms with Gasteiger partial charge in [0.15, 0.2) is 6.10 Å². The third-order valence-electron chi connectivity index (χ3n) is 7.16. The third-order valence-corrected chi connectivity index (χ3v) is 7.16. The van der Waals surface area contributed by atoms with Crippen LogP contribution in [0.3, 0.4) is 0 Å². The maximum Gasteiger partial charge on any atom is 0.379 e. The monoisotopic (exact) mass is 696 g/mol. The molecule has 52 heavy (non-hydrogen) atoms. The van der Waals surface area contributed by atoms with Crippen molar-refractivity contribution in [3.63, 3.8) is 0 Å². The summed E-state index contributed by atoms with van der Waals surface area (Å²) in [4.78, 5) is 64.9. The Labute approximate surface area is 299 Å². The molecule has 4 aromatic carbocycles. The number of cyclic esters (lactones) is 1. The molecule has 0 unspecified atom stereocenters. The van der Waals surface area contributed by atoms with E-state index in [9.17, 15) is 24.0 Å². The molecule has 0 bridgehead atoms. The van der Waals surface area contributed by atoms with Crippen LogP contribution in [0.5, 0.6) is 0 Å². The molecule has 0 radical (unpaired) electrons. The molecule has 5 rings (SSSR count). The third kappa shape index (κ3) is 11.2. The molecule has 0 aliphatic carbocycles. The second-order valence-electron chi connectivity index (χ2n) is 10.9. The van der Waals surface area contributed by atoms with Gasteiger partial charge in [-0.05, 0) is 46.6 Å². The van der Waals surface area contributed by atoms with E-state index in [4.69, 9.17) is 23.7 Å². The molecule has 1 aliphatic rings. The molecular formula is C42H32O10. The van der Waals surface area contributed by atoms with Crippen molar-refractivity contribution in [2.24, 2.45) is 0 Å². The number of esters is 5. The molecule has 0 N–H and O–H groups in total. The Morgan fingerprint density at radius 1 is 0.538 bits per heavy atom. The molecule has 0 amide bonds. The van der Waals surface area contributed by atoms with Crippen LogP contribution < -0.4 is 0 Å². The maximum absolute atomic E-state index is 13.2. The van der Waals surface area contributed by atoms with Crippen LogP contribution in [-0.4, -0.2) is 48.7 Å². The number of ether oxygens (including phenoxy) is 5. The normalized spacial score (nSPS) is 14.8. The lowest BCUT2D eigenvalue weighted by molar-refractivity contribution is -0.167. The highest BCUT2D eigenvalue weighted by Gasteiger charge is 2.46. The lowest BCUT2D eigenvalue weighted by Gasteiger charge is -2.23. The molecule has 0 aromatic heterocycles. The Balaban J connectivity index is 1.42. The number of benzene rings is 4. The van der Waals surface area contributed by atoms with E-state index in [-0.39, 0.29) is 0 Å². The highest BCUT2D eigenvalue weighted by molar-refractivity contribution is 5.97. The minimum atomic E-state index is -1.66. The van der Waals surface area contributed by atoms with Gasteiger partial charge in [-0.25, -0.2) is 24.0 Å². The SMILES string of the molecule is O=C(C=Cc1ccccc1)OC[C@H](OC(=O)C=Cc1ccccc1)[C@H]1OC(=O)C(OC(=O)C=Cc2ccccc2)=C1OC(=O)C=Cc1ccccc1. The average molecular weight is 697 g/mol. The standard InChI is InChI=1S/C42H32O10/c43-35(25-21-30-13-5-1-6-14-30)48-29-34(49-36(44)26-22-31-15-7-2-8-16-31)39-40(50-37(45)27-23-32-17-9-3-10-18-32)41(42(47)52-39)51-38(46)28-24-33-19-11-4-12-20-33/h1-28,34,39H,29H2/t34-,39+/m0/s1. The van der Waals surface area contributed by atoms with Crippen LogP contribution in [0.4, 0.5) is 0 Å². The summed E-state index contributed by atoms with van der Waals surface area (Å²) in [6.07, 6.45) is 7.19. The van der Waals surface area contributed by atoms with Crippen LogP contribution in [0, 0.1) is 0 Å². The van der Waals surface area contributed by atoms with Gasteiger partial charge in [-0.15, -0.1) is 0 Å². The zero-order valence-corrected chi connectivity index (χ0v) is 27.6. The second kappa shape index (κ2) is 18.6. The molecular weight excluding hydrogens is 664 g/mol. The molecule has 4 aromatic rings. The van der Waals surface area contributed by atoms with E-state index in [2.05, 4.69) is 0 Å². The molecule has 0 fully saturated rings. The highest BCUT2D eigenvalue weighted by atomic mass is 16.7. The summed E-state index contributed by atoms with van der Waals surface area (Å²) >= 11 is 0. The van der Waals surface area contributed by atoms with Gasteiger partial charge in [0.05, 0.1) is 0 Å².